The molecule has 0 aliphatic carbocycles. The lowest BCUT2D eigenvalue weighted by Crippen LogP contribution is -2.39. The van der Waals surface area contributed by atoms with Crippen LogP contribution in [-0.2, 0) is 11.3 Å². The molecule has 0 unspecified atom stereocenters. The van der Waals surface area contributed by atoms with Gasteiger partial charge in [-0.15, -0.1) is 11.3 Å². The summed E-state index contributed by atoms with van der Waals surface area (Å²) in [5.74, 6) is -0.0565. The first-order valence-corrected chi connectivity index (χ1v) is 9.74. The monoisotopic (exact) mass is 403 g/mol. The summed E-state index contributed by atoms with van der Waals surface area (Å²) in [7, 11) is 0. The zero-order valence-electron chi connectivity index (χ0n) is 14.4. The Hall–Kier alpha value is -2.19. The number of rotatable bonds is 5. The van der Waals surface area contributed by atoms with Gasteiger partial charge in [-0.2, -0.15) is 0 Å². The van der Waals surface area contributed by atoms with Crippen LogP contribution in [0.5, 0.6) is 0 Å². The fourth-order valence-corrected chi connectivity index (χ4v) is 4.16. The Balaban J connectivity index is 1.52. The molecule has 1 aliphatic heterocycles. The number of aromatic carboxylic acids is 1. The third-order valence-electron chi connectivity index (χ3n) is 4.58. The molecular weight excluding hydrogens is 386 g/mol. The maximum Gasteiger partial charge on any atom is 0.335 e. The minimum Gasteiger partial charge on any atom is -0.478 e. The molecule has 4 rings (SSSR count). The van der Waals surface area contributed by atoms with Crippen LogP contribution in [0.2, 0.25) is 4.34 Å². The predicted molar refractivity (Wildman–Crippen MR) is 104 cm³/mol. The van der Waals surface area contributed by atoms with Gasteiger partial charge in [0.25, 0.3) is 0 Å². The van der Waals surface area contributed by atoms with Gasteiger partial charge in [-0.05, 0) is 29.8 Å². The highest BCUT2D eigenvalue weighted by Gasteiger charge is 2.27. The van der Waals surface area contributed by atoms with Crippen molar-refractivity contribution < 1.29 is 14.6 Å². The third kappa shape index (κ3) is 4.06. The summed E-state index contributed by atoms with van der Waals surface area (Å²) < 4.78 is 6.42. The fraction of sp³-hybridized carbons (Fsp3) is 0.263. The molecule has 3 heterocycles. The molecule has 1 atom stereocenters. The molecule has 0 bridgehead atoms. The molecule has 140 valence electrons. The number of hydrogen-bond donors (Lipinski definition) is 2. The molecule has 0 saturated carbocycles. The molecule has 0 amide bonds. The number of morpholine rings is 1. The molecule has 1 fully saturated rings. The summed E-state index contributed by atoms with van der Waals surface area (Å²) in [4.78, 5) is 22.3. The van der Waals surface area contributed by atoms with Gasteiger partial charge in [-0.3, -0.25) is 4.90 Å². The molecule has 8 heteroatoms. The van der Waals surface area contributed by atoms with Crippen molar-refractivity contribution in [2.24, 2.45) is 0 Å². The van der Waals surface area contributed by atoms with Gasteiger partial charge in [-0.25, -0.2) is 9.78 Å². The number of carbonyl (C=O) groups is 1. The van der Waals surface area contributed by atoms with Crippen molar-refractivity contribution in [2.75, 3.05) is 19.8 Å². The van der Waals surface area contributed by atoms with Crippen LogP contribution in [0.25, 0.3) is 10.6 Å². The van der Waals surface area contributed by atoms with E-state index in [2.05, 4.69) is 14.9 Å². The van der Waals surface area contributed by atoms with Gasteiger partial charge < -0.3 is 14.8 Å². The Labute approximate surface area is 165 Å². The number of thiophene rings is 1. The first-order valence-electron chi connectivity index (χ1n) is 8.55. The molecule has 0 radical (unpaired) electrons. The number of ether oxygens (including phenoxy) is 1. The van der Waals surface area contributed by atoms with E-state index in [1.807, 2.05) is 30.5 Å². The first-order chi connectivity index (χ1) is 13.1. The second-order valence-electron chi connectivity index (χ2n) is 6.35. The largest absolute Gasteiger partial charge is 0.478 e. The van der Waals surface area contributed by atoms with Gasteiger partial charge in [-0.1, -0.05) is 23.7 Å². The van der Waals surface area contributed by atoms with E-state index in [4.69, 9.17) is 21.4 Å². The van der Waals surface area contributed by atoms with Crippen LogP contribution in [-0.4, -0.2) is 45.7 Å². The minimum atomic E-state index is -0.914. The number of nitrogens with one attached hydrogen (secondary N) is 1. The normalized spacial score (nSPS) is 17.9. The quantitative estimate of drug-likeness (QED) is 0.671. The molecule has 1 aliphatic rings. The Bertz CT molecular complexity index is 938. The number of nitrogens with zero attached hydrogens (tertiary/aromatic N) is 2. The molecule has 0 spiro atoms. The summed E-state index contributed by atoms with van der Waals surface area (Å²) in [5, 5.41) is 9.04. The smallest absolute Gasteiger partial charge is 0.335 e. The van der Waals surface area contributed by atoms with E-state index in [9.17, 15) is 4.79 Å². The van der Waals surface area contributed by atoms with E-state index < -0.39 is 5.97 Å². The zero-order chi connectivity index (χ0) is 18.8. The summed E-state index contributed by atoms with van der Waals surface area (Å²) in [5.41, 5.74) is 2.30. The van der Waals surface area contributed by atoms with Crippen LogP contribution in [0, 0.1) is 0 Å². The SMILES string of the molecule is O=C(O)c1ccc(CN2CCOC[C@H]2c2ncc(-c3ccc(Cl)s3)[nH]2)cc1. The Morgan fingerprint density at radius 3 is 2.85 bits per heavy atom. The summed E-state index contributed by atoms with van der Waals surface area (Å²) >= 11 is 7.54. The third-order valence-corrected chi connectivity index (χ3v) is 5.84. The first kappa shape index (κ1) is 18.2. The highest BCUT2D eigenvalue weighted by Crippen LogP contribution is 2.32. The topological polar surface area (TPSA) is 78.4 Å². The predicted octanol–water partition coefficient (Wildman–Crippen LogP) is 4.06. The minimum absolute atomic E-state index is 0.0158. The highest BCUT2D eigenvalue weighted by molar-refractivity contribution is 7.19. The molecular formula is C19H18ClN3O3S. The van der Waals surface area contributed by atoms with Crippen molar-refractivity contribution in [3.05, 3.63) is 63.9 Å². The lowest BCUT2D eigenvalue weighted by atomic mass is 10.1. The molecule has 6 nitrogen and oxygen atoms in total. The van der Waals surface area contributed by atoms with E-state index in [0.29, 0.717) is 25.3 Å². The van der Waals surface area contributed by atoms with Crippen LogP contribution in [0.15, 0.2) is 42.6 Å². The summed E-state index contributed by atoms with van der Waals surface area (Å²) in [6.45, 7) is 2.71. The second kappa shape index (κ2) is 7.82. The number of benzene rings is 1. The molecule has 1 saturated heterocycles. The van der Waals surface area contributed by atoms with Crippen molar-refractivity contribution in [1.29, 1.82) is 0 Å². The summed E-state index contributed by atoms with van der Waals surface area (Å²) in [6, 6.07) is 10.9. The van der Waals surface area contributed by atoms with Crippen LogP contribution in [0.4, 0.5) is 0 Å². The summed E-state index contributed by atoms with van der Waals surface area (Å²) in [6.07, 6.45) is 1.83. The van der Waals surface area contributed by atoms with Crippen molar-refractivity contribution in [2.45, 2.75) is 12.6 Å². The number of halogens is 1. The van der Waals surface area contributed by atoms with E-state index in [1.165, 1.54) is 11.3 Å². The zero-order valence-corrected chi connectivity index (χ0v) is 16.0. The highest BCUT2D eigenvalue weighted by atomic mass is 35.5. The van der Waals surface area contributed by atoms with Crippen LogP contribution in [0.1, 0.15) is 27.8 Å². The number of aromatic nitrogens is 2. The number of hydrogen-bond acceptors (Lipinski definition) is 5. The number of aromatic amines is 1. The lowest BCUT2D eigenvalue weighted by Gasteiger charge is -2.34. The van der Waals surface area contributed by atoms with Crippen LogP contribution < -0.4 is 0 Å². The lowest BCUT2D eigenvalue weighted by molar-refractivity contribution is -0.0156. The van der Waals surface area contributed by atoms with Gasteiger partial charge in [0.05, 0.1) is 45.9 Å². The molecule has 1 aromatic carbocycles. The van der Waals surface area contributed by atoms with Gasteiger partial charge in [0.15, 0.2) is 0 Å². The van der Waals surface area contributed by atoms with Crippen LogP contribution >= 0.6 is 22.9 Å². The average molecular weight is 404 g/mol. The molecule has 3 aromatic rings. The standard InChI is InChI=1S/C19H18ClN3O3S/c20-17-6-5-16(27-17)14-9-21-18(22-14)15-11-26-8-7-23(15)10-12-1-3-13(4-2-12)19(24)25/h1-6,9,15H,7-8,10-11H2,(H,21,22)(H,24,25)/t15-/m0/s1. The van der Waals surface area contributed by atoms with Gasteiger partial charge >= 0.3 is 5.97 Å². The molecule has 2 N–H and O–H groups in total. The second-order valence-corrected chi connectivity index (χ2v) is 8.06. The number of carboxylic acid groups (broad SMARTS) is 1. The van der Waals surface area contributed by atoms with Crippen molar-refractivity contribution in [3.8, 4) is 10.6 Å². The van der Waals surface area contributed by atoms with E-state index >= 15 is 0 Å². The van der Waals surface area contributed by atoms with Crippen molar-refractivity contribution in [3.63, 3.8) is 0 Å². The Kier molecular flexibility index (Phi) is 5.27. The number of H-pyrrole nitrogens is 1. The molecule has 2 aromatic heterocycles. The average Bonchev–Trinajstić information content (AvgIpc) is 3.32. The maximum absolute atomic E-state index is 11.0. The van der Waals surface area contributed by atoms with Crippen LogP contribution in [0.3, 0.4) is 0 Å². The van der Waals surface area contributed by atoms with Gasteiger partial charge in [0.2, 0.25) is 0 Å². The van der Waals surface area contributed by atoms with E-state index in [1.54, 1.807) is 12.1 Å². The van der Waals surface area contributed by atoms with Crippen molar-refractivity contribution >= 4 is 28.9 Å². The van der Waals surface area contributed by atoms with Gasteiger partial charge in [0.1, 0.15) is 5.82 Å². The van der Waals surface area contributed by atoms with Crippen molar-refractivity contribution in [1.82, 2.24) is 14.9 Å². The fourth-order valence-electron chi connectivity index (χ4n) is 3.16. The Morgan fingerprint density at radius 2 is 2.15 bits per heavy atom. The number of imidazole rings is 1. The Morgan fingerprint density at radius 1 is 1.33 bits per heavy atom. The maximum atomic E-state index is 11.0. The number of carboxylic acids is 1. The molecule has 27 heavy (non-hydrogen) atoms. The van der Waals surface area contributed by atoms with E-state index in [-0.39, 0.29) is 6.04 Å². The van der Waals surface area contributed by atoms with E-state index in [0.717, 1.165) is 32.8 Å². The van der Waals surface area contributed by atoms with Gasteiger partial charge in [0, 0.05) is 13.1 Å².